The van der Waals surface area contributed by atoms with Crippen molar-refractivity contribution in [2.24, 2.45) is 0 Å². The van der Waals surface area contributed by atoms with E-state index in [2.05, 4.69) is 4.98 Å². The Bertz CT molecular complexity index is 628. The number of hydrogen-bond donors (Lipinski definition) is 2. The van der Waals surface area contributed by atoms with E-state index >= 15 is 0 Å². The summed E-state index contributed by atoms with van der Waals surface area (Å²) >= 11 is 1.10. The van der Waals surface area contributed by atoms with Gasteiger partial charge in [-0.25, -0.2) is 9.37 Å². The van der Waals surface area contributed by atoms with Crippen LogP contribution in [0.2, 0.25) is 0 Å². The highest BCUT2D eigenvalue weighted by atomic mass is 32.2. The monoisotopic (exact) mass is 310 g/mol. The number of benzene rings is 1. The molecule has 0 amide bonds. The molecule has 7 heteroatoms. The molecule has 1 atom stereocenters. The van der Waals surface area contributed by atoms with Crippen molar-refractivity contribution >= 4 is 17.7 Å². The van der Waals surface area contributed by atoms with Crippen LogP contribution in [0.25, 0.3) is 0 Å². The van der Waals surface area contributed by atoms with Crippen molar-refractivity contribution < 1.29 is 19.4 Å². The van der Waals surface area contributed by atoms with Crippen molar-refractivity contribution in [2.45, 2.75) is 30.5 Å². The van der Waals surface area contributed by atoms with Crippen molar-refractivity contribution in [2.75, 3.05) is 0 Å². The third-order valence-electron chi connectivity index (χ3n) is 2.85. The van der Waals surface area contributed by atoms with Crippen LogP contribution in [-0.2, 0) is 17.9 Å². The summed E-state index contributed by atoms with van der Waals surface area (Å²) in [5, 5.41) is 18.0. The van der Waals surface area contributed by atoms with E-state index in [4.69, 9.17) is 5.11 Å². The summed E-state index contributed by atoms with van der Waals surface area (Å²) in [5.74, 6) is -1.24. The second-order valence-corrected chi connectivity index (χ2v) is 5.83. The minimum atomic E-state index is -0.929. The number of thioether (sulfide) groups is 1. The number of aliphatic hydroxyl groups is 1. The Kier molecular flexibility index (Phi) is 4.98. The van der Waals surface area contributed by atoms with Crippen molar-refractivity contribution in [3.8, 4) is 0 Å². The minimum Gasteiger partial charge on any atom is -0.480 e. The van der Waals surface area contributed by atoms with E-state index < -0.39 is 11.2 Å². The van der Waals surface area contributed by atoms with Crippen molar-refractivity contribution in [1.82, 2.24) is 9.55 Å². The molecule has 1 heterocycles. The molecule has 1 aromatic carbocycles. The van der Waals surface area contributed by atoms with Crippen molar-refractivity contribution in [3.63, 3.8) is 0 Å². The highest BCUT2D eigenvalue weighted by molar-refractivity contribution is 8.00. The quantitative estimate of drug-likeness (QED) is 0.799. The molecule has 5 nitrogen and oxygen atoms in total. The lowest BCUT2D eigenvalue weighted by Gasteiger charge is -2.09. The number of aliphatic hydroxyl groups excluding tert-OH is 1. The molecule has 112 valence electrons. The fourth-order valence-corrected chi connectivity index (χ4v) is 2.57. The van der Waals surface area contributed by atoms with Crippen LogP contribution in [0.5, 0.6) is 0 Å². The standard InChI is InChI=1S/C14H15FN2O3S/c1-9(13(19)20)21-14-16-12(8-18)7-17(14)6-10-2-4-11(15)5-3-10/h2-5,7,9,18H,6,8H2,1H3,(H,19,20)/t9-/m1/s1. The maximum Gasteiger partial charge on any atom is 0.316 e. The van der Waals surface area contributed by atoms with Crippen LogP contribution < -0.4 is 0 Å². The summed E-state index contributed by atoms with van der Waals surface area (Å²) in [6, 6.07) is 6.05. The smallest absolute Gasteiger partial charge is 0.316 e. The maximum atomic E-state index is 12.9. The highest BCUT2D eigenvalue weighted by Crippen LogP contribution is 2.24. The zero-order valence-electron chi connectivity index (χ0n) is 11.4. The van der Waals surface area contributed by atoms with Crippen LogP contribution >= 0.6 is 11.8 Å². The van der Waals surface area contributed by atoms with Crippen LogP contribution in [0.4, 0.5) is 4.39 Å². The maximum absolute atomic E-state index is 12.9. The Morgan fingerprint density at radius 3 is 2.67 bits per heavy atom. The predicted molar refractivity (Wildman–Crippen MR) is 76.6 cm³/mol. The summed E-state index contributed by atoms with van der Waals surface area (Å²) in [6.07, 6.45) is 1.67. The van der Waals surface area contributed by atoms with Gasteiger partial charge in [-0.3, -0.25) is 4.79 Å². The third-order valence-corrected chi connectivity index (χ3v) is 3.94. The molecule has 0 aliphatic carbocycles. The van der Waals surface area contributed by atoms with Crippen LogP contribution in [0.1, 0.15) is 18.2 Å². The Morgan fingerprint density at radius 1 is 1.43 bits per heavy atom. The fourth-order valence-electron chi connectivity index (χ4n) is 1.73. The highest BCUT2D eigenvalue weighted by Gasteiger charge is 2.17. The fraction of sp³-hybridized carbons (Fsp3) is 0.286. The molecule has 0 bridgehead atoms. The molecular formula is C14H15FN2O3S. The first-order valence-electron chi connectivity index (χ1n) is 6.30. The van der Waals surface area contributed by atoms with E-state index in [1.165, 1.54) is 12.1 Å². The molecule has 0 aliphatic heterocycles. The Labute approximate surface area is 125 Å². The van der Waals surface area contributed by atoms with Gasteiger partial charge in [-0.1, -0.05) is 23.9 Å². The zero-order valence-corrected chi connectivity index (χ0v) is 12.2. The van der Waals surface area contributed by atoms with E-state index in [1.807, 2.05) is 0 Å². The van der Waals surface area contributed by atoms with Gasteiger partial charge in [0.2, 0.25) is 0 Å². The van der Waals surface area contributed by atoms with Gasteiger partial charge in [-0.15, -0.1) is 0 Å². The molecule has 2 N–H and O–H groups in total. The number of halogens is 1. The molecule has 2 rings (SSSR count). The van der Waals surface area contributed by atoms with Gasteiger partial charge in [-0.05, 0) is 24.6 Å². The van der Waals surface area contributed by atoms with Gasteiger partial charge >= 0.3 is 5.97 Å². The minimum absolute atomic E-state index is 0.217. The number of aromatic nitrogens is 2. The first kappa shape index (κ1) is 15.5. The normalized spacial score (nSPS) is 12.3. The largest absolute Gasteiger partial charge is 0.480 e. The molecule has 1 aromatic heterocycles. The first-order valence-corrected chi connectivity index (χ1v) is 7.18. The molecule has 0 spiro atoms. The number of carboxylic acids is 1. The summed E-state index contributed by atoms with van der Waals surface area (Å²) in [5.41, 5.74) is 1.33. The Hall–Kier alpha value is -1.86. The van der Waals surface area contributed by atoms with Gasteiger partial charge < -0.3 is 14.8 Å². The number of rotatable bonds is 6. The molecule has 21 heavy (non-hydrogen) atoms. The molecule has 0 aliphatic rings. The lowest BCUT2D eigenvalue weighted by Crippen LogP contribution is -2.13. The number of nitrogens with zero attached hydrogens (tertiary/aromatic N) is 2. The topological polar surface area (TPSA) is 75.4 Å². The number of imidazole rings is 1. The van der Waals surface area contributed by atoms with Crippen molar-refractivity contribution in [1.29, 1.82) is 0 Å². The Balaban J connectivity index is 2.22. The summed E-state index contributed by atoms with van der Waals surface area (Å²) < 4.78 is 14.7. The average Bonchev–Trinajstić information content (AvgIpc) is 2.83. The predicted octanol–water partition coefficient (Wildman–Crippen LogP) is 2.13. The van der Waals surface area contributed by atoms with Gasteiger partial charge in [0.1, 0.15) is 11.1 Å². The summed E-state index contributed by atoms with van der Waals surface area (Å²) in [6.45, 7) is 1.79. The summed E-state index contributed by atoms with van der Waals surface area (Å²) in [4.78, 5) is 15.1. The zero-order chi connectivity index (χ0) is 15.4. The molecule has 0 fully saturated rings. The van der Waals surface area contributed by atoms with Crippen LogP contribution in [0.15, 0.2) is 35.6 Å². The number of carboxylic acid groups (broad SMARTS) is 1. The number of hydrogen-bond acceptors (Lipinski definition) is 4. The number of carbonyl (C=O) groups is 1. The third kappa shape index (κ3) is 4.05. The molecule has 0 radical (unpaired) electrons. The van der Waals surface area contributed by atoms with Crippen LogP contribution in [0.3, 0.4) is 0 Å². The van der Waals surface area contributed by atoms with Crippen LogP contribution in [0, 0.1) is 5.82 Å². The lowest BCUT2D eigenvalue weighted by atomic mass is 10.2. The first-order chi connectivity index (χ1) is 9.99. The molecule has 0 saturated heterocycles. The van der Waals surface area contributed by atoms with E-state index in [1.54, 1.807) is 29.8 Å². The van der Waals surface area contributed by atoms with Gasteiger partial charge in [0, 0.05) is 12.7 Å². The van der Waals surface area contributed by atoms with Crippen LogP contribution in [-0.4, -0.2) is 31.0 Å². The van der Waals surface area contributed by atoms with Gasteiger partial charge in [-0.2, -0.15) is 0 Å². The second-order valence-electron chi connectivity index (χ2n) is 4.53. The summed E-state index contributed by atoms with van der Waals surface area (Å²) in [7, 11) is 0. The lowest BCUT2D eigenvalue weighted by molar-refractivity contribution is -0.136. The van der Waals surface area contributed by atoms with E-state index in [0.717, 1.165) is 17.3 Å². The molecular weight excluding hydrogens is 295 g/mol. The second kappa shape index (κ2) is 6.73. The SMILES string of the molecule is C[C@@H](Sc1nc(CO)cn1Cc1ccc(F)cc1)C(=O)O. The van der Waals surface area contributed by atoms with Gasteiger partial charge in [0.15, 0.2) is 5.16 Å². The average molecular weight is 310 g/mol. The van der Waals surface area contributed by atoms with Gasteiger partial charge in [0.25, 0.3) is 0 Å². The molecule has 0 saturated carbocycles. The molecule has 2 aromatic rings. The van der Waals surface area contributed by atoms with Crippen molar-refractivity contribution in [3.05, 3.63) is 47.5 Å². The van der Waals surface area contributed by atoms with E-state index in [0.29, 0.717) is 17.4 Å². The van der Waals surface area contributed by atoms with Gasteiger partial charge in [0.05, 0.1) is 12.3 Å². The number of aliphatic carboxylic acids is 1. The Morgan fingerprint density at radius 2 is 2.10 bits per heavy atom. The van der Waals surface area contributed by atoms with E-state index in [-0.39, 0.29) is 12.4 Å². The molecule has 0 unspecified atom stereocenters. The van der Waals surface area contributed by atoms with E-state index in [9.17, 15) is 14.3 Å².